The molecule has 5 nitrogen and oxygen atoms in total. The molecule has 0 aromatic carbocycles. The zero-order chi connectivity index (χ0) is 12.7. The Morgan fingerprint density at radius 1 is 1.59 bits per heavy atom. The van der Waals surface area contributed by atoms with E-state index >= 15 is 0 Å². The van der Waals surface area contributed by atoms with Crippen LogP contribution in [0.4, 0.5) is 0 Å². The highest BCUT2D eigenvalue weighted by atomic mass is 32.2. The first-order chi connectivity index (χ1) is 8.17. The normalized spacial score (nSPS) is 12.2. The highest BCUT2D eigenvalue weighted by Gasteiger charge is 2.06. The van der Waals surface area contributed by atoms with Gasteiger partial charge in [-0.05, 0) is 30.3 Å². The number of aromatic nitrogens is 1. The van der Waals surface area contributed by atoms with E-state index in [0.717, 1.165) is 17.2 Å². The molecule has 0 spiro atoms. The minimum atomic E-state index is -0.368. The van der Waals surface area contributed by atoms with Crippen LogP contribution in [0.15, 0.2) is 18.2 Å². The third kappa shape index (κ3) is 4.72. The van der Waals surface area contributed by atoms with Crippen molar-refractivity contribution in [2.24, 2.45) is 17.5 Å². The monoisotopic (exact) mass is 254 g/mol. The molecule has 0 aliphatic carbocycles. The standard InChI is InChI=1S/C11H18N4OS/c1-8(5-12)6-17-7-9-3-2-4-10(14-9)11(16)15-13/h2-4,8H,5-7,12-13H2,1H3,(H,15,16). The molecule has 5 N–H and O–H groups in total. The van der Waals surface area contributed by atoms with E-state index < -0.39 is 0 Å². The molecule has 1 heterocycles. The molecule has 1 unspecified atom stereocenters. The topological polar surface area (TPSA) is 94.0 Å². The number of nitrogens with one attached hydrogen (secondary N) is 1. The minimum Gasteiger partial charge on any atom is -0.330 e. The van der Waals surface area contributed by atoms with Crippen molar-refractivity contribution in [2.75, 3.05) is 12.3 Å². The molecule has 1 atom stereocenters. The summed E-state index contributed by atoms with van der Waals surface area (Å²) in [7, 11) is 0. The summed E-state index contributed by atoms with van der Waals surface area (Å²) in [6.07, 6.45) is 0. The van der Waals surface area contributed by atoms with E-state index in [9.17, 15) is 4.79 Å². The molecule has 1 amide bonds. The Balaban J connectivity index is 2.51. The van der Waals surface area contributed by atoms with Crippen molar-refractivity contribution in [1.82, 2.24) is 10.4 Å². The fraction of sp³-hybridized carbons (Fsp3) is 0.455. The van der Waals surface area contributed by atoms with Gasteiger partial charge in [-0.1, -0.05) is 13.0 Å². The number of hydrazine groups is 1. The lowest BCUT2D eigenvalue weighted by Gasteiger charge is -2.07. The molecule has 0 radical (unpaired) electrons. The van der Waals surface area contributed by atoms with Crippen LogP contribution in [0, 0.1) is 5.92 Å². The highest BCUT2D eigenvalue weighted by Crippen LogP contribution is 2.13. The molecule has 0 fully saturated rings. The van der Waals surface area contributed by atoms with Gasteiger partial charge >= 0.3 is 0 Å². The number of hydrogen-bond donors (Lipinski definition) is 3. The zero-order valence-electron chi connectivity index (χ0n) is 9.85. The fourth-order valence-electron chi connectivity index (χ4n) is 1.19. The average molecular weight is 254 g/mol. The Hall–Kier alpha value is -1.11. The van der Waals surface area contributed by atoms with Crippen molar-refractivity contribution >= 4 is 17.7 Å². The second kappa shape index (κ2) is 7.26. The van der Waals surface area contributed by atoms with Gasteiger partial charge in [-0.25, -0.2) is 10.8 Å². The zero-order valence-corrected chi connectivity index (χ0v) is 10.7. The summed E-state index contributed by atoms with van der Waals surface area (Å²) < 4.78 is 0. The van der Waals surface area contributed by atoms with Crippen molar-refractivity contribution in [1.29, 1.82) is 0 Å². The van der Waals surface area contributed by atoms with Crippen LogP contribution in [0.25, 0.3) is 0 Å². The molecule has 94 valence electrons. The van der Waals surface area contributed by atoms with Crippen molar-refractivity contribution in [3.63, 3.8) is 0 Å². The van der Waals surface area contributed by atoms with E-state index in [1.165, 1.54) is 0 Å². The van der Waals surface area contributed by atoms with Crippen LogP contribution in [0.5, 0.6) is 0 Å². The molecular weight excluding hydrogens is 236 g/mol. The SMILES string of the molecule is CC(CN)CSCc1cccc(C(=O)NN)n1. The number of thioether (sulfide) groups is 1. The lowest BCUT2D eigenvalue weighted by Crippen LogP contribution is -2.30. The smallest absolute Gasteiger partial charge is 0.283 e. The second-order valence-electron chi connectivity index (χ2n) is 3.84. The number of nitrogens with zero attached hydrogens (tertiary/aromatic N) is 1. The first-order valence-electron chi connectivity index (χ1n) is 5.42. The molecule has 0 saturated carbocycles. The Labute approximate surface area is 105 Å². The van der Waals surface area contributed by atoms with Gasteiger partial charge in [0.05, 0.1) is 5.69 Å². The quantitative estimate of drug-likeness (QED) is 0.391. The summed E-state index contributed by atoms with van der Waals surface area (Å²) in [6, 6.07) is 5.34. The van der Waals surface area contributed by atoms with Gasteiger partial charge in [0.1, 0.15) is 5.69 Å². The van der Waals surface area contributed by atoms with Gasteiger partial charge in [-0.3, -0.25) is 10.2 Å². The maximum absolute atomic E-state index is 11.3. The minimum absolute atomic E-state index is 0.345. The third-order valence-corrected chi connectivity index (χ3v) is 3.53. The molecule has 0 saturated heterocycles. The summed E-state index contributed by atoms with van der Waals surface area (Å²) in [6.45, 7) is 2.80. The maximum atomic E-state index is 11.3. The molecule has 6 heteroatoms. The van der Waals surface area contributed by atoms with E-state index in [1.807, 2.05) is 6.07 Å². The van der Waals surface area contributed by atoms with Gasteiger partial charge in [-0.15, -0.1) is 0 Å². The Morgan fingerprint density at radius 3 is 3.00 bits per heavy atom. The van der Waals surface area contributed by atoms with E-state index in [-0.39, 0.29) is 5.91 Å². The van der Waals surface area contributed by atoms with Crippen molar-refractivity contribution in [2.45, 2.75) is 12.7 Å². The largest absolute Gasteiger partial charge is 0.330 e. The molecule has 1 rings (SSSR count). The number of pyridine rings is 1. The van der Waals surface area contributed by atoms with E-state index in [4.69, 9.17) is 11.6 Å². The van der Waals surface area contributed by atoms with Gasteiger partial charge in [0.15, 0.2) is 0 Å². The van der Waals surface area contributed by atoms with Gasteiger partial charge < -0.3 is 5.73 Å². The first-order valence-corrected chi connectivity index (χ1v) is 6.57. The van der Waals surface area contributed by atoms with Crippen molar-refractivity contribution in [3.05, 3.63) is 29.6 Å². The van der Waals surface area contributed by atoms with Gasteiger partial charge in [0, 0.05) is 5.75 Å². The van der Waals surface area contributed by atoms with Crippen LogP contribution >= 0.6 is 11.8 Å². The van der Waals surface area contributed by atoms with Crippen molar-refractivity contribution < 1.29 is 4.79 Å². The lowest BCUT2D eigenvalue weighted by molar-refractivity contribution is 0.0948. The first kappa shape index (κ1) is 14.0. The summed E-state index contributed by atoms with van der Waals surface area (Å²) in [5.41, 5.74) is 8.82. The Kier molecular flexibility index (Phi) is 5.96. The van der Waals surface area contributed by atoms with Gasteiger partial charge in [0.2, 0.25) is 0 Å². The predicted molar refractivity (Wildman–Crippen MR) is 70.3 cm³/mol. The molecule has 1 aromatic rings. The number of amides is 1. The number of rotatable bonds is 6. The number of carbonyl (C=O) groups is 1. The number of carbonyl (C=O) groups excluding carboxylic acids is 1. The molecular formula is C11H18N4OS. The molecule has 1 aromatic heterocycles. The number of hydrogen-bond acceptors (Lipinski definition) is 5. The summed E-state index contributed by atoms with van der Waals surface area (Å²) in [5.74, 6) is 6.95. The number of nitrogens with two attached hydrogens (primary N) is 2. The van der Waals surface area contributed by atoms with Crippen LogP contribution in [-0.2, 0) is 5.75 Å². The van der Waals surface area contributed by atoms with Gasteiger partial charge in [0.25, 0.3) is 5.91 Å². The Morgan fingerprint density at radius 2 is 2.35 bits per heavy atom. The van der Waals surface area contributed by atoms with Crippen molar-refractivity contribution in [3.8, 4) is 0 Å². The van der Waals surface area contributed by atoms with Crippen LogP contribution in [0.1, 0.15) is 23.1 Å². The average Bonchev–Trinajstić information content (AvgIpc) is 2.38. The van der Waals surface area contributed by atoms with Gasteiger partial charge in [-0.2, -0.15) is 11.8 Å². The molecule has 0 bridgehead atoms. The van der Waals surface area contributed by atoms with E-state index in [0.29, 0.717) is 18.2 Å². The van der Waals surface area contributed by atoms with E-state index in [1.54, 1.807) is 23.9 Å². The second-order valence-corrected chi connectivity index (χ2v) is 4.87. The summed E-state index contributed by atoms with van der Waals surface area (Å²) in [5, 5.41) is 0. The molecule has 0 aliphatic heterocycles. The predicted octanol–water partition coefficient (Wildman–Crippen LogP) is 0.513. The Bertz CT molecular complexity index is 372. The van der Waals surface area contributed by atoms with Crippen LogP contribution in [0.2, 0.25) is 0 Å². The third-order valence-electron chi connectivity index (χ3n) is 2.23. The van der Waals surface area contributed by atoms with E-state index in [2.05, 4.69) is 17.3 Å². The molecule has 0 aliphatic rings. The molecule has 17 heavy (non-hydrogen) atoms. The summed E-state index contributed by atoms with van der Waals surface area (Å²) in [4.78, 5) is 15.5. The van der Waals surface area contributed by atoms with Crippen LogP contribution < -0.4 is 17.0 Å². The number of nitrogen functional groups attached to an aromatic ring is 1. The van der Waals surface area contributed by atoms with Crippen LogP contribution in [0.3, 0.4) is 0 Å². The lowest BCUT2D eigenvalue weighted by atomic mass is 10.2. The fourth-order valence-corrected chi connectivity index (χ4v) is 2.22. The summed E-state index contributed by atoms with van der Waals surface area (Å²) >= 11 is 1.76. The maximum Gasteiger partial charge on any atom is 0.283 e. The van der Waals surface area contributed by atoms with Crippen LogP contribution in [-0.4, -0.2) is 23.2 Å². The highest BCUT2D eigenvalue weighted by molar-refractivity contribution is 7.98.